The Bertz CT molecular complexity index is 2080. The number of rotatable bonds is 10. The Hall–Kier alpha value is -4.81. The molecule has 2 aromatic rings. The van der Waals surface area contributed by atoms with Gasteiger partial charge < -0.3 is 49.4 Å². The Balaban J connectivity index is 1.48. The lowest BCUT2D eigenvalue weighted by Crippen LogP contribution is -2.81. The van der Waals surface area contributed by atoms with E-state index in [0.717, 1.165) is 19.1 Å². The van der Waals surface area contributed by atoms with Crippen LogP contribution in [0.4, 0.5) is 13.6 Å². The molecular weight excluding hydrogens is 792 g/mol. The van der Waals surface area contributed by atoms with E-state index in [1.54, 1.807) is 18.2 Å². The quantitative estimate of drug-likeness (QED) is 0.132. The molecule has 1 aliphatic heterocycles. The van der Waals surface area contributed by atoms with Crippen LogP contribution in [0, 0.1) is 22.6 Å². The van der Waals surface area contributed by atoms with Gasteiger partial charge in [-0.1, -0.05) is 50.2 Å². The standard InChI is InChI=1S/C43H51F2NO14/c1-21-26(57-37(53)32(50)30(23-12-9-8-10-13-23)46-38(54)60-39(3,4)19-44)18-43(55)35(58-36(52)24-14-11-15-25(45)16-24)33-41(7,34(51)31(49)29(21)40(43,5)6)27(48)17-28-42(33,20-56-28)59-22(2)47/h8-16,26-28,30-33,35,48-50,55H,17-20H2,1-7H3,(H,46,54)/t26-,27-,28+,30+,31+,32+,33-,35-,41+,42-,43+/m0/s1. The van der Waals surface area contributed by atoms with Crippen molar-refractivity contribution in [2.24, 2.45) is 16.7 Å². The van der Waals surface area contributed by atoms with Crippen LogP contribution in [0.1, 0.15) is 83.3 Å². The molecule has 4 aliphatic rings. The van der Waals surface area contributed by atoms with Gasteiger partial charge in [0.25, 0.3) is 0 Å². The van der Waals surface area contributed by atoms with Crippen molar-refractivity contribution < 1.29 is 76.9 Å². The number of alkyl halides is 1. The topological polar surface area (TPSA) is 224 Å². The van der Waals surface area contributed by atoms with Gasteiger partial charge in [0.05, 0.1) is 35.6 Å². The van der Waals surface area contributed by atoms with Crippen LogP contribution in [0.3, 0.4) is 0 Å². The molecule has 2 aromatic carbocycles. The molecule has 15 nitrogen and oxygen atoms in total. The number of nitrogens with one attached hydrogen (secondary N) is 1. The number of hydrogen-bond donors (Lipinski definition) is 5. The lowest BCUT2D eigenvalue weighted by molar-refractivity contribution is -0.346. The molecule has 0 spiro atoms. The van der Waals surface area contributed by atoms with Gasteiger partial charge >= 0.3 is 24.0 Å². The molecule has 0 aromatic heterocycles. The fourth-order valence-corrected chi connectivity index (χ4v) is 9.60. The number of benzene rings is 2. The number of alkyl carbamates (subject to hydrolysis) is 1. The number of aliphatic hydroxyl groups excluding tert-OH is 3. The van der Waals surface area contributed by atoms with Crippen molar-refractivity contribution >= 4 is 29.8 Å². The first-order valence-electron chi connectivity index (χ1n) is 19.6. The number of ether oxygens (including phenoxy) is 5. The lowest BCUT2D eigenvalue weighted by atomic mass is 9.44. The highest BCUT2D eigenvalue weighted by Gasteiger charge is 2.78. The maximum Gasteiger partial charge on any atom is 0.408 e. The number of halogens is 2. The molecule has 11 atom stereocenters. The molecule has 3 fully saturated rings. The zero-order chi connectivity index (χ0) is 44.3. The predicted octanol–water partition coefficient (Wildman–Crippen LogP) is 3.35. The van der Waals surface area contributed by atoms with E-state index < -0.39 is 125 Å². The summed E-state index contributed by atoms with van der Waals surface area (Å²) in [6.07, 6.45) is -12.6. The van der Waals surface area contributed by atoms with E-state index in [0.29, 0.717) is 0 Å². The van der Waals surface area contributed by atoms with Crippen molar-refractivity contribution in [1.82, 2.24) is 5.32 Å². The van der Waals surface area contributed by atoms with E-state index in [1.807, 2.05) is 0 Å². The van der Waals surface area contributed by atoms with Gasteiger partial charge in [0.2, 0.25) is 0 Å². The van der Waals surface area contributed by atoms with Gasteiger partial charge in [-0.25, -0.2) is 23.2 Å². The summed E-state index contributed by atoms with van der Waals surface area (Å²) in [5, 5.41) is 51.3. The maximum absolute atomic E-state index is 14.9. The minimum atomic E-state index is -2.49. The zero-order valence-corrected chi connectivity index (χ0v) is 34.3. The molecule has 1 saturated heterocycles. The van der Waals surface area contributed by atoms with Crippen LogP contribution >= 0.6 is 0 Å². The summed E-state index contributed by atoms with van der Waals surface area (Å²) < 4.78 is 57.0. The Morgan fingerprint density at radius 3 is 2.28 bits per heavy atom. The molecule has 1 heterocycles. The smallest absolute Gasteiger partial charge is 0.408 e. The molecule has 17 heteroatoms. The largest absolute Gasteiger partial charge is 0.456 e. The third kappa shape index (κ3) is 7.37. The van der Waals surface area contributed by atoms with Crippen LogP contribution in [0.15, 0.2) is 65.7 Å². The first kappa shape index (κ1) is 44.7. The summed E-state index contributed by atoms with van der Waals surface area (Å²) in [4.78, 5) is 68.9. The Morgan fingerprint density at radius 2 is 1.70 bits per heavy atom. The summed E-state index contributed by atoms with van der Waals surface area (Å²) >= 11 is 0. The predicted molar refractivity (Wildman–Crippen MR) is 204 cm³/mol. The van der Waals surface area contributed by atoms with Crippen molar-refractivity contribution in [3.63, 3.8) is 0 Å². The van der Waals surface area contributed by atoms with Gasteiger partial charge in [0, 0.05) is 25.2 Å². The molecule has 3 aliphatic carbocycles. The highest BCUT2D eigenvalue weighted by atomic mass is 19.1. The Kier molecular flexibility index (Phi) is 11.9. The van der Waals surface area contributed by atoms with Crippen molar-refractivity contribution in [1.29, 1.82) is 0 Å². The van der Waals surface area contributed by atoms with Gasteiger partial charge in [0.1, 0.15) is 48.1 Å². The number of amides is 1. The highest BCUT2D eigenvalue weighted by Crippen LogP contribution is 2.64. The Morgan fingerprint density at radius 1 is 1.03 bits per heavy atom. The van der Waals surface area contributed by atoms with Gasteiger partial charge in [-0.3, -0.25) is 9.59 Å². The molecule has 1 amide bonds. The van der Waals surface area contributed by atoms with Crippen LogP contribution in [-0.4, -0.2) is 117 Å². The number of aliphatic hydroxyl groups is 4. The second-order valence-electron chi connectivity index (χ2n) is 17.5. The van der Waals surface area contributed by atoms with Crippen molar-refractivity contribution in [2.75, 3.05) is 13.3 Å². The Labute approximate surface area is 345 Å². The molecule has 2 saturated carbocycles. The summed E-state index contributed by atoms with van der Waals surface area (Å²) in [6.45, 7) is 7.99. The van der Waals surface area contributed by atoms with E-state index in [1.165, 1.54) is 65.8 Å². The van der Waals surface area contributed by atoms with Crippen LogP contribution < -0.4 is 5.32 Å². The van der Waals surface area contributed by atoms with Crippen LogP contribution in [0.5, 0.6) is 0 Å². The SMILES string of the molecule is CC(=O)O[C@@]12CO[C@@H]1C[C@H](O)[C@@]1(C)C(=O)[C@H](O)C3=C(C)[C@@H](OC(=O)[C@H](O)[C@H](NC(=O)OC(C)(C)CF)c4ccccc4)C[C@@](O)([C@@H](OC(=O)c4cccc(F)c4)[C@H]21)C3(C)C. The highest BCUT2D eigenvalue weighted by molar-refractivity contribution is 5.94. The molecule has 0 unspecified atom stereocenters. The first-order chi connectivity index (χ1) is 27.9. The number of fused-ring (bicyclic) bond motifs is 5. The molecule has 0 radical (unpaired) electrons. The fourth-order valence-electron chi connectivity index (χ4n) is 9.60. The van der Waals surface area contributed by atoms with E-state index in [2.05, 4.69) is 5.32 Å². The molecule has 2 bridgehead atoms. The summed E-state index contributed by atoms with van der Waals surface area (Å²) in [5.74, 6) is -6.80. The van der Waals surface area contributed by atoms with Gasteiger partial charge in [-0.15, -0.1) is 0 Å². The second-order valence-corrected chi connectivity index (χ2v) is 17.5. The summed E-state index contributed by atoms with van der Waals surface area (Å²) in [6, 6.07) is 10.7. The molecule has 5 N–H and O–H groups in total. The summed E-state index contributed by atoms with van der Waals surface area (Å²) in [7, 11) is 0. The number of esters is 3. The van der Waals surface area contributed by atoms with Crippen LogP contribution in [0.25, 0.3) is 0 Å². The van der Waals surface area contributed by atoms with E-state index in [-0.39, 0.29) is 35.3 Å². The van der Waals surface area contributed by atoms with Crippen molar-refractivity contribution in [2.45, 2.75) is 121 Å². The van der Waals surface area contributed by atoms with Gasteiger partial charge in [-0.2, -0.15) is 0 Å². The average molecular weight is 844 g/mol. The van der Waals surface area contributed by atoms with E-state index in [9.17, 15) is 53.2 Å². The molecule has 326 valence electrons. The molecule has 6 rings (SSSR count). The molecule has 60 heavy (non-hydrogen) atoms. The minimum absolute atomic E-state index is 0.0708. The van der Waals surface area contributed by atoms with E-state index in [4.69, 9.17) is 23.7 Å². The number of Topliss-reactive ketones (excluding diaryl/α,β-unsaturated/α-hetero) is 1. The van der Waals surface area contributed by atoms with E-state index >= 15 is 0 Å². The third-order valence-corrected chi connectivity index (χ3v) is 12.9. The van der Waals surface area contributed by atoms with Gasteiger partial charge in [-0.05, 0) is 62.6 Å². The lowest BCUT2D eigenvalue weighted by Gasteiger charge is -2.67. The van der Waals surface area contributed by atoms with Crippen LogP contribution in [-0.2, 0) is 38.1 Å². The maximum atomic E-state index is 14.9. The minimum Gasteiger partial charge on any atom is -0.456 e. The number of ketones is 1. The second kappa shape index (κ2) is 15.9. The third-order valence-electron chi connectivity index (χ3n) is 12.9. The van der Waals surface area contributed by atoms with Crippen molar-refractivity contribution in [3.05, 3.63) is 82.7 Å². The monoisotopic (exact) mass is 843 g/mol. The normalized spacial score (nSPS) is 33.0. The number of carbonyl (C=O) groups is 5. The van der Waals surface area contributed by atoms with Crippen LogP contribution in [0.2, 0.25) is 0 Å². The van der Waals surface area contributed by atoms with Crippen molar-refractivity contribution in [3.8, 4) is 0 Å². The zero-order valence-electron chi connectivity index (χ0n) is 34.3. The van der Waals surface area contributed by atoms with Gasteiger partial charge in [0.15, 0.2) is 17.5 Å². The number of hydrogen-bond acceptors (Lipinski definition) is 14. The average Bonchev–Trinajstić information content (AvgIpc) is 3.18. The first-order valence-corrected chi connectivity index (χ1v) is 19.6. The summed E-state index contributed by atoms with van der Waals surface area (Å²) in [5.41, 5.74) is -9.91. The number of carbonyl (C=O) groups excluding carboxylic acids is 5. The fraction of sp³-hybridized carbons (Fsp3) is 0.558. The molecular formula is C43H51F2NO14.